The molecule has 2 atom stereocenters. The summed E-state index contributed by atoms with van der Waals surface area (Å²) in [6.45, 7) is 3.46. The fourth-order valence-electron chi connectivity index (χ4n) is 4.07. The Morgan fingerprint density at radius 3 is 2.85 bits per heavy atom. The first-order chi connectivity index (χ1) is 16.2. The molecule has 12 nitrogen and oxygen atoms in total. The van der Waals surface area contributed by atoms with Gasteiger partial charge in [-0.2, -0.15) is 5.10 Å². The van der Waals surface area contributed by atoms with Gasteiger partial charge in [0, 0.05) is 24.2 Å². The SMILES string of the molecule is Cc1nn(C)c2nc(N3CCO[C@H](C(C)(O)C(=O)Nc4ccc5c(N)noc5c4)C3=O)ccc12. The van der Waals surface area contributed by atoms with Crippen LogP contribution in [0.25, 0.3) is 22.0 Å². The summed E-state index contributed by atoms with van der Waals surface area (Å²) in [5.41, 5.74) is 5.71. The first-order valence-electron chi connectivity index (χ1n) is 10.6. The number of morpholine rings is 1. The number of amides is 2. The summed E-state index contributed by atoms with van der Waals surface area (Å²) in [5.74, 6) is -0.770. The van der Waals surface area contributed by atoms with Crippen molar-refractivity contribution < 1.29 is 24.0 Å². The Hall–Kier alpha value is -4.03. The van der Waals surface area contributed by atoms with Gasteiger partial charge in [0.05, 0.1) is 24.2 Å². The van der Waals surface area contributed by atoms with Crippen LogP contribution in [0.4, 0.5) is 17.3 Å². The molecule has 0 saturated carbocycles. The number of anilines is 3. The number of nitrogens with zero attached hydrogens (tertiary/aromatic N) is 5. The van der Waals surface area contributed by atoms with Crippen LogP contribution in [0.15, 0.2) is 34.9 Å². The number of hydrogen-bond donors (Lipinski definition) is 3. The summed E-state index contributed by atoms with van der Waals surface area (Å²) in [5, 5.41) is 23.2. The Balaban J connectivity index is 1.38. The van der Waals surface area contributed by atoms with Crippen molar-refractivity contribution in [2.75, 3.05) is 29.1 Å². The monoisotopic (exact) mass is 465 g/mol. The Morgan fingerprint density at radius 2 is 2.06 bits per heavy atom. The number of benzene rings is 1. The van der Waals surface area contributed by atoms with Crippen molar-refractivity contribution in [1.29, 1.82) is 0 Å². The van der Waals surface area contributed by atoms with Gasteiger partial charge in [0.2, 0.25) is 0 Å². The summed E-state index contributed by atoms with van der Waals surface area (Å²) >= 11 is 0. The molecule has 1 aromatic carbocycles. The number of aryl methyl sites for hydroxylation is 2. The summed E-state index contributed by atoms with van der Waals surface area (Å²) in [7, 11) is 1.77. The van der Waals surface area contributed by atoms with Crippen molar-refractivity contribution in [2.45, 2.75) is 25.6 Å². The molecule has 3 aromatic heterocycles. The number of nitrogen functional groups attached to an aromatic ring is 1. The second kappa shape index (κ2) is 7.78. The van der Waals surface area contributed by atoms with Crippen LogP contribution in [-0.2, 0) is 21.4 Å². The number of hydrogen-bond acceptors (Lipinski definition) is 9. The third-order valence-corrected chi connectivity index (χ3v) is 5.95. The van der Waals surface area contributed by atoms with Crippen LogP contribution in [0, 0.1) is 6.92 Å². The average molecular weight is 465 g/mol. The molecule has 4 heterocycles. The molecule has 176 valence electrons. The third kappa shape index (κ3) is 3.43. The molecule has 0 bridgehead atoms. The van der Waals surface area contributed by atoms with E-state index in [9.17, 15) is 14.7 Å². The van der Waals surface area contributed by atoms with Crippen LogP contribution in [-0.4, -0.2) is 61.7 Å². The number of pyridine rings is 1. The normalized spacial score (nSPS) is 18.4. The summed E-state index contributed by atoms with van der Waals surface area (Å²) in [6, 6.07) is 8.31. The molecule has 1 saturated heterocycles. The minimum absolute atomic E-state index is 0.118. The highest BCUT2D eigenvalue weighted by atomic mass is 16.5. The smallest absolute Gasteiger partial charge is 0.260 e. The predicted octanol–water partition coefficient (Wildman–Crippen LogP) is 1.12. The van der Waals surface area contributed by atoms with Crippen molar-refractivity contribution in [2.24, 2.45) is 7.05 Å². The van der Waals surface area contributed by atoms with Gasteiger partial charge in [0.1, 0.15) is 5.82 Å². The largest absolute Gasteiger partial charge is 0.380 e. The van der Waals surface area contributed by atoms with E-state index in [1.807, 2.05) is 13.0 Å². The quantitative estimate of drug-likeness (QED) is 0.401. The average Bonchev–Trinajstić information content (AvgIpc) is 3.32. The van der Waals surface area contributed by atoms with Crippen molar-refractivity contribution >= 4 is 51.1 Å². The maximum absolute atomic E-state index is 13.3. The molecule has 12 heteroatoms. The highest BCUT2D eigenvalue weighted by molar-refractivity contribution is 6.06. The predicted molar refractivity (Wildman–Crippen MR) is 123 cm³/mol. The molecule has 5 rings (SSSR count). The van der Waals surface area contributed by atoms with Crippen molar-refractivity contribution in [3.8, 4) is 0 Å². The molecule has 0 spiro atoms. The van der Waals surface area contributed by atoms with Crippen molar-refractivity contribution in [1.82, 2.24) is 19.9 Å². The van der Waals surface area contributed by atoms with Gasteiger partial charge in [-0.3, -0.25) is 19.2 Å². The fraction of sp³-hybridized carbons (Fsp3) is 0.318. The maximum atomic E-state index is 13.3. The first kappa shape index (κ1) is 21.8. The summed E-state index contributed by atoms with van der Waals surface area (Å²) in [4.78, 5) is 32.2. The molecule has 1 fully saturated rings. The van der Waals surface area contributed by atoms with Crippen LogP contribution in [0.2, 0.25) is 0 Å². The van der Waals surface area contributed by atoms with E-state index in [1.165, 1.54) is 17.9 Å². The Bertz CT molecular complexity index is 1440. The number of carbonyl (C=O) groups excluding carboxylic acids is 2. The number of aliphatic hydroxyl groups is 1. The second-order valence-corrected chi connectivity index (χ2v) is 8.37. The van der Waals surface area contributed by atoms with Crippen LogP contribution < -0.4 is 16.0 Å². The van der Waals surface area contributed by atoms with Gasteiger partial charge in [-0.1, -0.05) is 5.16 Å². The number of rotatable bonds is 4. The molecule has 0 aliphatic carbocycles. The number of nitrogens with one attached hydrogen (secondary N) is 1. The number of nitrogens with two attached hydrogens (primary N) is 1. The molecule has 1 aliphatic heterocycles. The Kier molecular flexibility index (Phi) is 4.99. The third-order valence-electron chi connectivity index (χ3n) is 5.95. The van der Waals surface area contributed by atoms with E-state index in [-0.39, 0.29) is 19.0 Å². The number of ether oxygens (including phenoxy) is 1. The molecule has 4 N–H and O–H groups in total. The van der Waals surface area contributed by atoms with Gasteiger partial charge in [0.15, 0.2) is 28.8 Å². The lowest BCUT2D eigenvalue weighted by Crippen LogP contribution is -2.61. The molecular weight excluding hydrogens is 442 g/mol. The zero-order valence-corrected chi connectivity index (χ0v) is 18.8. The lowest BCUT2D eigenvalue weighted by Gasteiger charge is -2.37. The van der Waals surface area contributed by atoms with Gasteiger partial charge >= 0.3 is 0 Å². The van der Waals surface area contributed by atoms with Gasteiger partial charge in [0.25, 0.3) is 11.8 Å². The van der Waals surface area contributed by atoms with Crippen LogP contribution in [0.5, 0.6) is 0 Å². The molecule has 34 heavy (non-hydrogen) atoms. The topological polar surface area (TPSA) is 162 Å². The van der Waals surface area contributed by atoms with Crippen molar-refractivity contribution in [3.63, 3.8) is 0 Å². The van der Waals surface area contributed by atoms with Gasteiger partial charge in [-0.25, -0.2) is 4.98 Å². The van der Waals surface area contributed by atoms with Crippen LogP contribution in [0.1, 0.15) is 12.6 Å². The lowest BCUT2D eigenvalue weighted by molar-refractivity contribution is -0.165. The molecule has 2 amide bonds. The van der Waals surface area contributed by atoms with E-state index in [1.54, 1.807) is 29.9 Å². The highest BCUT2D eigenvalue weighted by Crippen LogP contribution is 2.28. The van der Waals surface area contributed by atoms with E-state index in [0.29, 0.717) is 28.1 Å². The Morgan fingerprint density at radius 1 is 1.29 bits per heavy atom. The number of aromatic nitrogens is 4. The highest BCUT2D eigenvalue weighted by Gasteiger charge is 2.48. The lowest BCUT2D eigenvalue weighted by atomic mass is 9.95. The molecule has 0 radical (unpaired) electrons. The van der Waals surface area contributed by atoms with Crippen LogP contribution in [0.3, 0.4) is 0 Å². The maximum Gasteiger partial charge on any atom is 0.260 e. The fourth-order valence-corrected chi connectivity index (χ4v) is 4.07. The molecule has 4 aromatic rings. The van der Waals surface area contributed by atoms with E-state index in [2.05, 4.69) is 20.6 Å². The van der Waals surface area contributed by atoms with Gasteiger partial charge < -0.3 is 25.4 Å². The van der Waals surface area contributed by atoms with E-state index >= 15 is 0 Å². The number of carbonyl (C=O) groups is 2. The standard InChI is InChI=1S/C22H23N7O5/c1-11-13-6-7-16(25-19(13)28(3)26-11)29-8-9-33-17(20(29)30)22(2,32)21(31)24-12-4-5-14-15(10-12)34-27-18(14)23/h4-7,10,17,32H,8-9H2,1-3H3,(H2,23,27)(H,24,31)/t17-,22?/m0/s1. The minimum atomic E-state index is -2.17. The zero-order chi connectivity index (χ0) is 24.2. The summed E-state index contributed by atoms with van der Waals surface area (Å²) in [6.07, 6.45) is -1.43. The van der Waals surface area contributed by atoms with E-state index in [0.717, 1.165) is 11.1 Å². The Labute approximate surface area is 193 Å². The molecular formula is C22H23N7O5. The van der Waals surface area contributed by atoms with Gasteiger partial charge in [-0.15, -0.1) is 0 Å². The zero-order valence-electron chi connectivity index (χ0n) is 18.8. The minimum Gasteiger partial charge on any atom is -0.380 e. The van der Waals surface area contributed by atoms with Crippen molar-refractivity contribution in [3.05, 3.63) is 36.0 Å². The van der Waals surface area contributed by atoms with E-state index in [4.69, 9.17) is 15.0 Å². The first-order valence-corrected chi connectivity index (χ1v) is 10.6. The molecule has 1 unspecified atom stereocenters. The van der Waals surface area contributed by atoms with Gasteiger partial charge in [-0.05, 0) is 38.1 Å². The second-order valence-electron chi connectivity index (χ2n) is 8.37. The van der Waals surface area contributed by atoms with E-state index < -0.39 is 23.5 Å². The molecule has 1 aliphatic rings. The van der Waals surface area contributed by atoms with Crippen LogP contribution >= 0.6 is 0 Å². The summed E-state index contributed by atoms with van der Waals surface area (Å²) < 4.78 is 12.3. The number of fused-ring (bicyclic) bond motifs is 2.